The molecule has 0 bridgehead atoms. The molecule has 0 aliphatic heterocycles. The molecule has 0 atom stereocenters. The van der Waals surface area contributed by atoms with Crippen LogP contribution in [-0.2, 0) is 17.8 Å². The Balaban J connectivity index is 1.74. The van der Waals surface area contributed by atoms with Crippen molar-refractivity contribution in [3.8, 4) is 0 Å². The molecule has 0 spiro atoms. The molecule has 3 rings (SSSR count). The molecule has 0 aliphatic carbocycles. The lowest BCUT2D eigenvalue weighted by Gasteiger charge is -2.10. The van der Waals surface area contributed by atoms with Crippen LogP contribution in [0.25, 0.3) is 11.1 Å². The average Bonchev–Trinajstić information content (AvgIpc) is 2.90. The van der Waals surface area contributed by atoms with Gasteiger partial charge >= 0.3 is 0 Å². The fraction of sp³-hybridized carbons (Fsp3) is 0.316. The Morgan fingerprint density at radius 1 is 1.28 bits per heavy atom. The summed E-state index contributed by atoms with van der Waals surface area (Å²) in [5.74, 6) is 0.555. The van der Waals surface area contributed by atoms with Crippen LogP contribution >= 0.6 is 0 Å². The molecule has 0 unspecified atom stereocenters. The Morgan fingerprint density at radius 3 is 2.80 bits per heavy atom. The van der Waals surface area contributed by atoms with Crippen molar-refractivity contribution in [3.05, 3.63) is 57.8 Å². The number of carbonyl (C=O) groups is 1. The number of furan rings is 1. The van der Waals surface area contributed by atoms with Crippen LogP contribution in [0, 0.1) is 13.8 Å². The molecule has 6 heteroatoms. The van der Waals surface area contributed by atoms with E-state index in [1.54, 1.807) is 6.92 Å². The summed E-state index contributed by atoms with van der Waals surface area (Å²) in [5.41, 5.74) is 2.86. The Kier molecular flexibility index (Phi) is 4.70. The lowest BCUT2D eigenvalue weighted by atomic mass is 10.1. The van der Waals surface area contributed by atoms with Crippen LogP contribution in [0.3, 0.4) is 0 Å². The molecule has 1 N–H and O–H groups in total. The SMILES string of the molecule is CCc1ccccc1NC(=O)CCn1cnc2oc(C)c(C)c2c1=O. The lowest BCUT2D eigenvalue weighted by molar-refractivity contribution is -0.116. The van der Waals surface area contributed by atoms with Gasteiger partial charge in [0.25, 0.3) is 5.56 Å². The van der Waals surface area contributed by atoms with Gasteiger partial charge in [-0.15, -0.1) is 0 Å². The van der Waals surface area contributed by atoms with E-state index >= 15 is 0 Å². The second-order valence-corrected chi connectivity index (χ2v) is 6.02. The maximum absolute atomic E-state index is 12.6. The van der Waals surface area contributed by atoms with E-state index in [4.69, 9.17) is 4.42 Å². The van der Waals surface area contributed by atoms with E-state index in [0.717, 1.165) is 23.2 Å². The number of aryl methyl sites for hydroxylation is 4. The molecule has 6 nitrogen and oxygen atoms in total. The number of nitrogens with zero attached hydrogens (tertiary/aromatic N) is 2. The molecule has 0 aliphatic rings. The number of fused-ring (bicyclic) bond motifs is 1. The predicted octanol–water partition coefficient (Wildman–Crippen LogP) is 3.20. The maximum Gasteiger partial charge on any atom is 0.264 e. The molecule has 1 aromatic carbocycles. The van der Waals surface area contributed by atoms with Gasteiger partial charge in [0.15, 0.2) is 0 Å². The number of amides is 1. The van der Waals surface area contributed by atoms with Gasteiger partial charge < -0.3 is 9.73 Å². The zero-order valence-electron chi connectivity index (χ0n) is 14.6. The minimum absolute atomic E-state index is 0.131. The number of benzene rings is 1. The summed E-state index contributed by atoms with van der Waals surface area (Å²) in [6.07, 6.45) is 2.47. The van der Waals surface area contributed by atoms with Gasteiger partial charge in [-0.2, -0.15) is 0 Å². The average molecular weight is 339 g/mol. The van der Waals surface area contributed by atoms with E-state index in [1.807, 2.05) is 38.1 Å². The fourth-order valence-electron chi connectivity index (χ4n) is 2.81. The third-order valence-corrected chi connectivity index (χ3v) is 4.41. The second kappa shape index (κ2) is 6.93. The van der Waals surface area contributed by atoms with E-state index < -0.39 is 0 Å². The minimum atomic E-state index is -0.180. The van der Waals surface area contributed by atoms with Crippen molar-refractivity contribution in [1.82, 2.24) is 9.55 Å². The Bertz CT molecular complexity index is 985. The standard InChI is InChI=1S/C19H21N3O3/c1-4-14-7-5-6-8-15(14)21-16(23)9-10-22-11-20-18-17(19(22)24)12(2)13(3)25-18/h5-8,11H,4,9-10H2,1-3H3,(H,21,23). The van der Waals surface area contributed by atoms with Gasteiger partial charge in [-0.1, -0.05) is 25.1 Å². The Hall–Kier alpha value is -2.89. The Morgan fingerprint density at radius 2 is 2.04 bits per heavy atom. The summed E-state index contributed by atoms with van der Waals surface area (Å²) in [7, 11) is 0. The molecule has 3 aromatic rings. The summed E-state index contributed by atoms with van der Waals surface area (Å²) >= 11 is 0. The zero-order chi connectivity index (χ0) is 18.0. The molecule has 0 fully saturated rings. The van der Waals surface area contributed by atoms with Gasteiger partial charge in [0, 0.05) is 24.2 Å². The van der Waals surface area contributed by atoms with Crippen LogP contribution in [0.2, 0.25) is 0 Å². The van der Waals surface area contributed by atoms with Crippen molar-refractivity contribution in [2.24, 2.45) is 0 Å². The third kappa shape index (κ3) is 3.33. The summed E-state index contributed by atoms with van der Waals surface area (Å²) in [6.45, 7) is 5.95. The number of para-hydroxylation sites is 1. The molecule has 2 heterocycles. The smallest absolute Gasteiger partial charge is 0.264 e. The number of aromatic nitrogens is 2. The predicted molar refractivity (Wildman–Crippen MR) is 96.8 cm³/mol. The Labute approximate surface area is 145 Å². The minimum Gasteiger partial charge on any atom is -0.443 e. The van der Waals surface area contributed by atoms with E-state index in [0.29, 0.717) is 16.9 Å². The molecule has 130 valence electrons. The molecular weight excluding hydrogens is 318 g/mol. The summed E-state index contributed by atoms with van der Waals surface area (Å²) in [4.78, 5) is 29.0. The van der Waals surface area contributed by atoms with Crippen LogP contribution in [-0.4, -0.2) is 15.5 Å². The van der Waals surface area contributed by atoms with Crippen molar-refractivity contribution in [2.45, 2.75) is 40.2 Å². The van der Waals surface area contributed by atoms with Crippen LogP contribution in [0.5, 0.6) is 0 Å². The molecule has 0 saturated heterocycles. The first-order chi connectivity index (χ1) is 12.0. The highest BCUT2D eigenvalue weighted by molar-refractivity contribution is 5.91. The van der Waals surface area contributed by atoms with Crippen molar-refractivity contribution >= 4 is 22.7 Å². The van der Waals surface area contributed by atoms with Gasteiger partial charge in [0.2, 0.25) is 11.6 Å². The summed E-state index contributed by atoms with van der Waals surface area (Å²) < 4.78 is 6.91. The number of nitrogens with one attached hydrogen (secondary N) is 1. The topological polar surface area (TPSA) is 77.1 Å². The first kappa shape index (κ1) is 17.0. The van der Waals surface area contributed by atoms with Gasteiger partial charge in [0.05, 0.1) is 0 Å². The summed E-state index contributed by atoms with van der Waals surface area (Å²) in [6, 6.07) is 7.71. The number of carbonyl (C=O) groups excluding carboxylic acids is 1. The highest BCUT2D eigenvalue weighted by Crippen LogP contribution is 2.19. The quantitative estimate of drug-likeness (QED) is 0.774. The lowest BCUT2D eigenvalue weighted by Crippen LogP contribution is -2.23. The molecular formula is C19H21N3O3. The van der Waals surface area contributed by atoms with Gasteiger partial charge in [-0.3, -0.25) is 14.2 Å². The monoisotopic (exact) mass is 339 g/mol. The number of rotatable bonds is 5. The largest absolute Gasteiger partial charge is 0.443 e. The van der Waals surface area contributed by atoms with Crippen LogP contribution in [0.15, 0.2) is 39.8 Å². The number of anilines is 1. The van der Waals surface area contributed by atoms with Gasteiger partial charge in [-0.25, -0.2) is 4.98 Å². The highest BCUT2D eigenvalue weighted by atomic mass is 16.3. The first-order valence-electron chi connectivity index (χ1n) is 8.34. The summed E-state index contributed by atoms with van der Waals surface area (Å²) in [5, 5.41) is 3.39. The van der Waals surface area contributed by atoms with Crippen LogP contribution < -0.4 is 10.9 Å². The van der Waals surface area contributed by atoms with Crippen molar-refractivity contribution in [2.75, 3.05) is 5.32 Å². The second-order valence-electron chi connectivity index (χ2n) is 6.02. The molecule has 25 heavy (non-hydrogen) atoms. The number of hydrogen-bond acceptors (Lipinski definition) is 4. The van der Waals surface area contributed by atoms with E-state index in [1.165, 1.54) is 10.9 Å². The maximum atomic E-state index is 12.6. The van der Waals surface area contributed by atoms with Gasteiger partial charge in [-0.05, 0) is 31.9 Å². The molecule has 1 amide bonds. The van der Waals surface area contributed by atoms with Crippen LogP contribution in [0.4, 0.5) is 5.69 Å². The molecule has 0 saturated carbocycles. The molecule has 0 radical (unpaired) electrons. The van der Waals surface area contributed by atoms with E-state index in [9.17, 15) is 9.59 Å². The van der Waals surface area contributed by atoms with Crippen molar-refractivity contribution in [1.29, 1.82) is 0 Å². The van der Waals surface area contributed by atoms with Crippen molar-refractivity contribution in [3.63, 3.8) is 0 Å². The number of hydrogen-bond donors (Lipinski definition) is 1. The third-order valence-electron chi connectivity index (χ3n) is 4.41. The molecule has 2 aromatic heterocycles. The van der Waals surface area contributed by atoms with Gasteiger partial charge in [0.1, 0.15) is 17.5 Å². The van der Waals surface area contributed by atoms with E-state index in [2.05, 4.69) is 10.3 Å². The van der Waals surface area contributed by atoms with Crippen LogP contribution in [0.1, 0.15) is 30.2 Å². The zero-order valence-corrected chi connectivity index (χ0v) is 14.6. The highest BCUT2D eigenvalue weighted by Gasteiger charge is 2.14. The first-order valence-corrected chi connectivity index (χ1v) is 8.34. The van der Waals surface area contributed by atoms with E-state index in [-0.39, 0.29) is 24.4 Å². The van der Waals surface area contributed by atoms with Crippen molar-refractivity contribution < 1.29 is 9.21 Å². The normalized spacial score (nSPS) is 11.0. The fourth-order valence-corrected chi connectivity index (χ4v) is 2.81.